The van der Waals surface area contributed by atoms with E-state index < -0.39 is 0 Å². The van der Waals surface area contributed by atoms with Gasteiger partial charge in [0, 0.05) is 11.7 Å². The molecular formula is C10H15ClN4. The summed E-state index contributed by atoms with van der Waals surface area (Å²) in [7, 11) is 0. The summed E-state index contributed by atoms with van der Waals surface area (Å²) in [6.07, 6.45) is 0.313. The van der Waals surface area contributed by atoms with Gasteiger partial charge in [-0.05, 0) is 26.3 Å². The Morgan fingerprint density at radius 3 is 2.67 bits per heavy atom. The van der Waals surface area contributed by atoms with Crippen LogP contribution in [0.3, 0.4) is 0 Å². The lowest BCUT2D eigenvalue weighted by atomic mass is 10.2. The first kappa shape index (κ1) is 12.1. The predicted molar refractivity (Wildman–Crippen MR) is 60.4 cm³/mol. The molecule has 2 atom stereocenters. The van der Waals surface area contributed by atoms with Gasteiger partial charge in [0.2, 0.25) is 0 Å². The van der Waals surface area contributed by atoms with Crippen molar-refractivity contribution >= 4 is 11.6 Å². The summed E-state index contributed by atoms with van der Waals surface area (Å²) in [5.41, 5.74) is 12.9. The van der Waals surface area contributed by atoms with Crippen molar-refractivity contribution in [3.05, 3.63) is 22.5 Å². The molecule has 0 amide bonds. The summed E-state index contributed by atoms with van der Waals surface area (Å²) >= 11 is 5.94. The van der Waals surface area contributed by atoms with Crippen LogP contribution >= 0.6 is 11.6 Å². The fourth-order valence-corrected chi connectivity index (χ4v) is 1.78. The van der Waals surface area contributed by atoms with Gasteiger partial charge in [-0.15, -0.1) is 0 Å². The molecule has 1 aromatic heterocycles. The molecule has 4 nitrogen and oxygen atoms in total. The fraction of sp³-hybridized carbons (Fsp3) is 0.500. The highest BCUT2D eigenvalue weighted by molar-refractivity contribution is 6.31. The Balaban J connectivity index is 3.07. The molecule has 0 aliphatic heterocycles. The van der Waals surface area contributed by atoms with Crippen molar-refractivity contribution in [2.45, 2.75) is 32.5 Å². The van der Waals surface area contributed by atoms with Crippen molar-refractivity contribution in [3.63, 3.8) is 0 Å². The maximum absolute atomic E-state index is 8.92. The Morgan fingerprint density at radius 1 is 1.60 bits per heavy atom. The lowest BCUT2D eigenvalue weighted by Crippen LogP contribution is -2.28. The maximum atomic E-state index is 8.92. The van der Waals surface area contributed by atoms with Gasteiger partial charge in [0.15, 0.2) is 0 Å². The average Bonchev–Trinajstić information content (AvgIpc) is 2.41. The molecule has 0 saturated carbocycles. The number of rotatable bonds is 3. The zero-order valence-corrected chi connectivity index (χ0v) is 9.62. The normalized spacial score (nSPS) is 14.7. The molecule has 4 N–H and O–H groups in total. The third-order valence-corrected chi connectivity index (χ3v) is 2.67. The molecule has 0 aliphatic rings. The third-order valence-electron chi connectivity index (χ3n) is 2.29. The number of nitrogens with two attached hydrogens (primary N) is 2. The minimum atomic E-state index is -0.299. The van der Waals surface area contributed by atoms with Gasteiger partial charge in [0.05, 0.1) is 11.2 Å². The van der Waals surface area contributed by atoms with Crippen molar-refractivity contribution in [2.75, 3.05) is 0 Å². The Bertz CT molecular complexity index is 389. The van der Waals surface area contributed by atoms with Crippen LogP contribution in [0.4, 0.5) is 0 Å². The summed E-state index contributed by atoms with van der Waals surface area (Å²) in [5, 5.41) is 9.48. The van der Waals surface area contributed by atoms with E-state index in [-0.39, 0.29) is 12.2 Å². The average molecular weight is 227 g/mol. The number of aromatic nitrogens is 1. The second-order valence-corrected chi connectivity index (χ2v) is 4.13. The highest BCUT2D eigenvalue weighted by Gasteiger charge is 2.16. The zero-order valence-electron chi connectivity index (χ0n) is 8.87. The van der Waals surface area contributed by atoms with E-state index in [2.05, 4.69) is 6.07 Å². The summed E-state index contributed by atoms with van der Waals surface area (Å²) in [6, 6.07) is 3.68. The highest BCUT2D eigenvalue weighted by atomic mass is 35.5. The molecule has 0 fully saturated rings. The van der Waals surface area contributed by atoms with Crippen LogP contribution in [0, 0.1) is 18.3 Å². The van der Waals surface area contributed by atoms with Crippen LogP contribution in [0.15, 0.2) is 6.07 Å². The Morgan fingerprint density at radius 2 is 2.20 bits per heavy atom. The molecule has 0 spiro atoms. The second-order valence-electron chi connectivity index (χ2n) is 3.73. The third kappa shape index (κ3) is 2.51. The van der Waals surface area contributed by atoms with E-state index in [1.165, 1.54) is 0 Å². The van der Waals surface area contributed by atoms with E-state index in [9.17, 15) is 0 Å². The first-order valence-corrected chi connectivity index (χ1v) is 5.13. The molecule has 15 heavy (non-hydrogen) atoms. The van der Waals surface area contributed by atoms with Crippen LogP contribution in [-0.4, -0.2) is 10.6 Å². The van der Waals surface area contributed by atoms with Crippen molar-refractivity contribution < 1.29 is 0 Å². The molecule has 0 aromatic carbocycles. The van der Waals surface area contributed by atoms with Crippen LogP contribution in [0.25, 0.3) is 0 Å². The van der Waals surface area contributed by atoms with Gasteiger partial charge in [0.1, 0.15) is 11.8 Å². The van der Waals surface area contributed by atoms with Crippen LogP contribution in [-0.2, 0) is 0 Å². The van der Waals surface area contributed by atoms with Gasteiger partial charge in [-0.1, -0.05) is 11.6 Å². The molecule has 0 bridgehead atoms. The lowest BCUT2D eigenvalue weighted by molar-refractivity contribution is 0.438. The lowest BCUT2D eigenvalue weighted by Gasteiger charge is -2.19. The largest absolute Gasteiger partial charge is 0.328 e. The predicted octanol–water partition coefficient (Wildman–Crippen LogP) is 1.52. The molecule has 0 aliphatic carbocycles. The van der Waals surface area contributed by atoms with Gasteiger partial charge in [-0.25, -0.2) is 0 Å². The van der Waals surface area contributed by atoms with E-state index in [0.717, 1.165) is 5.69 Å². The summed E-state index contributed by atoms with van der Waals surface area (Å²) in [5.74, 6) is 0. The number of hydrogen-bond acceptors (Lipinski definition) is 3. The first-order chi connectivity index (χ1) is 6.97. The smallest absolute Gasteiger partial charge is 0.123 e. The molecule has 5 heteroatoms. The first-order valence-electron chi connectivity index (χ1n) is 4.76. The van der Waals surface area contributed by atoms with Crippen molar-refractivity contribution in [1.82, 2.24) is 4.57 Å². The maximum Gasteiger partial charge on any atom is 0.123 e. The van der Waals surface area contributed by atoms with Crippen LogP contribution in [0.5, 0.6) is 0 Å². The number of nitriles is 1. The molecule has 0 radical (unpaired) electrons. The quantitative estimate of drug-likeness (QED) is 0.820. The van der Waals surface area contributed by atoms with E-state index in [0.29, 0.717) is 17.1 Å². The highest BCUT2D eigenvalue weighted by Crippen LogP contribution is 2.23. The van der Waals surface area contributed by atoms with E-state index >= 15 is 0 Å². The van der Waals surface area contributed by atoms with Crippen LogP contribution in [0.2, 0.25) is 5.02 Å². The Hall–Kier alpha value is -1.02. The molecule has 2 unspecified atom stereocenters. The van der Waals surface area contributed by atoms with Crippen molar-refractivity contribution in [3.8, 4) is 6.07 Å². The van der Waals surface area contributed by atoms with Gasteiger partial charge in [0.25, 0.3) is 0 Å². The van der Waals surface area contributed by atoms with E-state index in [1.54, 1.807) is 10.6 Å². The summed E-state index contributed by atoms with van der Waals surface area (Å²) in [4.78, 5) is 0. The number of nitrogens with zero attached hydrogens (tertiary/aromatic N) is 2. The molecule has 1 aromatic rings. The van der Waals surface area contributed by atoms with E-state index in [1.807, 2.05) is 13.8 Å². The molecular weight excluding hydrogens is 212 g/mol. The van der Waals surface area contributed by atoms with Gasteiger partial charge in [-0.3, -0.25) is 0 Å². The topological polar surface area (TPSA) is 80.8 Å². The zero-order chi connectivity index (χ0) is 11.6. The Kier molecular flexibility index (Phi) is 3.75. The number of hydrogen-bond donors (Lipinski definition) is 2. The van der Waals surface area contributed by atoms with Crippen LogP contribution in [0.1, 0.15) is 30.9 Å². The van der Waals surface area contributed by atoms with Gasteiger partial charge >= 0.3 is 0 Å². The molecule has 1 rings (SSSR count). The van der Waals surface area contributed by atoms with Gasteiger partial charge < -0.3 is 16.0 Å². The molecule has 0 saturated heterocycles. The molecule has 82 valence electrons. The number of halogens is 1. The monoisotopic (exact) mass is 226 g/mol. The Labute approximate surface area is 94.4 Å². The fourth-order valence-electron chi connectivity index (χ4n) is 1.59. The van der Waals surface area contributed by atoms with Crippen LogP contribution < -0.4 is 11.5 Å². The standard InChI is InChI=1S/C10H15ClN4/c1-6(13)3-10(14)15-7(2)9(11)4-8(15)5-12/h4,6,10H,3,13-14H2,1-2H3. The second kappa shape index (κ2) is 4.67. The summed E-state index contributed by atoms with van der Waals surface area (Å²) < 4.78 is 1.73. The minimum Gasteiger partial charge on any atom is -0.328 e. The van der Waals surface area contributed by atoms with Gasteiger partial charge in [-0.2, -0.15) is 5.26 Å². The minimum absolute atomic E-state index is 0.00730. The van der Waals surface area contributed by atoms with Crippen molar-refractivity contribution in [2.24, 2.45) is 11.5 Å². The molecule has 1 heterocycles. The SMILES string of the molecule is Cc1c(Cl)cc(C#N)n1C(N)CC(C)N. The summed E-state index contributed by atoms with van der Waals surface area (Å²) in [6.45, 7) is 3.72. The van der Waals surface area contributed by atoms with E-state index in [4.69, 9.17) is 28.3 Å². The van der Waals surface area contributed by atoms with Crippen molar-refractivity contribution in [1.29, 1.82) is 5.26 Å².